The molecule has 1 aliphatic heterocycles. The predicted octanol–water partition coefficient (Wildman–Crippen LogP) is 2.71. The van der Waals surface area contributed by atoms with Crippen LogP contribution in [0.4, 0.5) is 13.2 Å². The van der Waals surface area contributed by atoms with Gasteiger partial charge in [0.1, 0.15) is 5.75 Å². The first-order valence-corrected chi connectivity index (χ1v) is 9.73. The summed E-state index contributed by atoms with van der Waals surface area (Å²) in [4.78, 5) is 17.8. The fourth-order valence-electron chi connectivity index (χ4n) is 2.73. The van der Waals surface area contributed by atoms with Crippen LogP contribution >= 0.6 is 24.0 Å². The molecule has 176 valence electrons. The minimum Gasteiger partial charge on any atom is -0.484 e. The van der Waals surface area contributed by atoms with Gasteiger partial charge in [-0.05, 0) is 25.0 Å². The molecule has 1 aromatic rings. The zero-order valence-electron chi connectivity index (χ0n) is 17.9. The van der Waals surface area contributed by atoms with E-state index in [4.69, 9.17) is 9.47 Å². The Kier molecular flexibility index (Phi) is 11.4. The van der Waals surface area contributed by atoms with E-state index in [1.54, 1.807) is 39.2 Å². The molecule has 7 nitrogen and oxygen atoms in total. The van der Waals surface area contributed by atoms with E-state index in [2.05, 4.69) is 15.6 Å². The molecular weight excluding hydrogens is 528 g/mol. The standard InChI is InChI=1S/C20H29F3N4O3.HI/c1-14-4-5-16(17(8-14)30-13-20(21,22)23)10-25-19(26-11-18(28)27(2)3)24-9-15-6-7-29-12-15;/h4-5,8,15H,6-7,9-13H2,1-3H3,(H2,24,25,26);1H. The number of hydrogen-bond donors (Lipinski definition) is 2. The summed E-state index contributed by atoms with van der Waals surface area (Å²) in [5, 5.41) is 6.15. The number of guanidine groups is 1. The van der Waals surface area contributed by atoms with Crippen LogP contribution in [0.15, 0.2) is 23.2 Å². The molecule has 1 atom stereocenters. The molecule has 11 heteroatoms. The summed E-state index contributed by atoms with van der Waals surface area (Å²) in [6.45, 7) is 2.55. The van der Waals surface area contributed by atoms with Gasteiger partial charge in [-0.2, -0.15) is 13.2 Å². The van der Waals surface area contributed by atoms with Crippen LogP contribution < -0.4 is 15.4 Å². The quantitative estimate of drug-likeness (QED) is 0.292. The summed E-state index contributed by atoms with van der Waals surface area (Å²) in [5.41, 5.74) is 1.31. The van der Waals surface area contributed by atoms with Crippen molar-refractivity contribution >= 4 is 35.8 Å². The monoisotopic (exact) mass is 558 g/mol. The maximum absolute atomic E-state index is 12.6. The molecule has 31 heavy (non-hydrogen) atoms. The number of alkyl halides is 3. The lowest BCUT2D eigenvalue weighted by Crippen LogP contribution is -2.44. The second-order valence-corrected chi connectivity index (χ2v) is 7.43. The van der Waals surface area contributed by atoms with E-state index in [9.17, 15) is 18.0 Å². The second kappa shape index (κ2) is 12.9. The Morgan fingerprint density at radius 2 is 2.06 bits per heavy atom. The fourth-order valence-corrected chi connectivity index (χ4v) is 2.73. The molecule has 1 heterocycles. The molecule has 1 saturated heterocycles. The molecule has 0 aliphatic carbocycles. The van der Waals surface area contributed by atoms with Gasteiger partial charge < -0.3 is 25.0 Å². The molecule has 0 radical (unpaired) electrons. The average Bonchev–Trinajstić information content (AvgIpc) is 3.19. The SMILES string of the molecule is Cc1ccc(CN=C(NCC(=O)N(C)C)NCC2CCOC2)c(OCC(F)(F)F)c1.I. The number of amides is 1. The Labute approximate surface area is 197 Å². The molecular formula is C20H30F3IN4O3. The highest BCUT2D eigenvalue weighted by Gasteiger charge is 2.28. The van der Waals surface area contributed by atoms with Crippen LogP contribution in [0.25, 0.3) is 0 Å². The van der Waals surface area contributed by atoms with Crippen molar-refractivity contribution in [1.82, 2.24) is 15.5 Å². The van der Waals surface area contributed by atoms with Crippen LogP contribution in [0, 0.1) is 12.8 Å². The maximum atomic E-state index is 12.6. The highest BCUT2D eigenvalue weighted by atomic mass is 127. The highest BCUT2D eigenvalue weighted by Crippen LogP contribution is 2.24. The number of nitrogens with zero attached hydrogens (tertiary/aromatic N) is 2. The van der Waals surface area contributed by atoms with E-state index >= 15 is 0 Å². The van der Waals surface area contributed by atoms with E-state index in [1.165, 1.54) is 4.90 Å². The van der Waals surface area contributed by atoms with E-state index in [-0.39, 0.29) is 48.7 Å². The lowest BCUT2D eigenvalue weighted by molar-refractivity contribution is -0.153. The summed E-state index contributed by atoms with van der Waals surface area (Å²) in [5.74, 6) is 0.758. The lowest BCUT2D eigenvalue weighted by Gasteiger charge is -2.17. The Hall–Kier alpha value is -1.76. The van der Waals surface area contributed by atoms with Gasteiger partial charge in [0.25, 0.3) is 0 Å². The molecule has 1 fully saturated rings. The van der Waals surface area contributed by atoms with E-state index in [0.717, 1.165) is 12.0 Å². The van der Waals surface area contributed by atoms with Crippen molar-refractivity contribution in [3.05, 3.63) is 29.3 Å². The Bertz CT molecular complexity index is 739. The zero-order valence-corrected chi connectivity index (χ0v) is 20.3. The third kappa shape index (κ3) is 10.4. The number of carbonyl (C=O) groups is 1. The van der Waals surface area contributed by atoms with Crippen LogP contribution in [0.5, 0.6) is 5.75 Å². The predicted molar refractivity (Wildman–Crippen MR) is 123 cm³/mol. The normalized spacial score (nSPS) is 16.5. The largest absolute Gasteiger partial charge is 0.484 e. The average molecular weight is 558 g/mol. The number of likely N-dealkylation sites (N-methyl/N-ethyl adjacent to an activating group) is 1. The number of ether oxygens (including phenoxy) is 2. The molecule has 0 saturated carbocycles. The van der Waals surface area contributed by atoms with Gasteiger partial charge in [0.2, 0.25) is 5.91 Å². The molecule has 1 aliphatic rings. The van der Waals surface area contributed by atoms with Gasteiger partial charge in [-0.15, -0.1) is 24.0 Å². The molecule has 0 spiro atoms. The number of aryl methyl sites for hydroxylation is 1. The molecule has 2 rings (SSSR count). The third-order valence-corrected chi connectivity index (χ3v) is 4.51. The van der Waals surface area contributed by atoms with Gasteiger partial charge in [-0.25, -0.2) is 4.99 Å². The summed E-state index contributed by atoms with van der Waals surface area (Å²) in [6, 6.07) is 5.04. The van der Waals surface area contributed by atoms with Gasteiger partial charge in [0, 0.05) is 38.7 Å². The number of rotatable bonds is 8. The van der Waals surface area contributed by atoms with Crippen molar-refractivity contribution < 1.29 is 27.4 Å². The zero-order chi connectivity index (χ0) is 22.1. The van der Waals surface area contributed by atoms with Crippen molar-refractivity contribution in [2.75, 3.05) is 47.0 Å². The number of aliphatic imine (C=N–C) groups is 1. The Morgan fingerprint density at radius 3 is 2.68 bits per heavy atom. The van der Waals surface area contributed by atoms with Crippen molar-refractivity contribution in [3.63, 3.8) is 0 Å². The van der Waals surface area contributed by atoms with Crippen LogP contribution in [-0.4, -0.2) is 69.9 Å². The molecule has 1 unspecified atom stereocenters. The molecule has 0 aromatic heterocycles. The van der Waals surface area contributed by atoms with E-state index in [0.29, 0.717) is 37.2 Å². The summed E-state index contributed by atoms with van der Waals surface area (Å²) >= 11 is 0. The number of halogens is 4. The summed E-state index contributed by atoms with van der Waals surface area (Å²) < 4.78 is 48.0. The van der Waals surface area contributed by atoms with Crippen LogP contribution in [0.2, 0.25) is 0 Å². The van der Waals surface area contributed by atoms with Gasteiger partial charge in [-0.1, -0.05) is 12.1 Å². The van der Waals surface area contributed by atoms with E-state index in [1.807, 2.05) is 0 Å². The number of hydrogen-bond acceptors (Lipinski definition) is 4. The van der Waals surface area contributed by atoms with Gasteiger partial charge in [0.05, 0.1) is 19.7 Å². The lowest BCUT2D eigenvalue weighted by atomic mass is 10.1. The maximum Gasteiger partial charge on any atom is 0.422 e. The van der Waals surface area contributed by atoms with Crippen molar-refractivity contribution in [1.29, 1.82) is 0 Å². The van der Waals surface area contributed by atoms with Crippen LogP contribution in [0.1, 0.15) is 17.5 Å². The van der Waals surface area contributed by atoms with Gasteiger partial charge >= 0.3 is 6.18 Å². The first kappa shape index (κ1) is 27.3. The number of carbonyl (C=O) groups excluding carboxylic acids is 1. The van der Waals surface area contributed by atoms with Crippen LogP contribution in [0.3, 0.4) is 0 Å². The van der Waals surface area contributed by atoms with Crippen molar-refractivity contribution in [2.45, 2.75) is 26.1 Å². The molecule has 1 amide bonds. The van der Waals surface area contributed by atoms with Crippen molar-refractivity contribution in [2.24, 2.45) is 10.9 Å². The van der Waals surface area contributed by atoms with Crippen LogP contribution in [-0.2, 0) is 16.1 Å². The van der Waals surface area contributed by atoms with Gasteiger partial charge in [0.15, 0.2) is 12.6 Å². The fraction of sp³-hybridized carbons (Fsp3) is 0.600. The first-order valence-electron chi connectivity index (χ1n) is 9.73. The van der Waals surface area contributed by atoms with E-state index < -0.39 is 12.8 Å². The Balaban J connectivity index is 0.00000480. The second-order valence-electron chi connectivity index (χ2n) is 7.43. The first-order chi connectivity index (χ1) is 14.1. The topological polar surface area (TPSA) is 75.2 Å². The highest BCUT2D eigenvalue weighted by molar-refractivity contribution is 14.0. The van der Waals surface area contributed by atoms with Crippen molar-refractivity contribution in [3.8, 4) is 5.75 Å². The number of nitrogens with one attached hydrogen (secondary N) is 2. The smallest absolute Gasteiger partial charge is 0.422 e. The number of benzene rings is 1. The minimum absolute atomic E-state index is 0. The molecule has 1 aromatic carbocycles. The Morgan fingerprint density at radius 1 is 1.32 bits per heavy atom. The van der Waals surface area contributed by atoms with Gasteiger partial charge in [-0.3, -0.25) is 4.79 Å². The summed E-state index contributed by atoms with van der Waals surface area (Å²) in [6.07, 6.45) is -3.49. The third-order valence-electron chi connectivity index (χ3n) is 4.51. The molecule has 0 bridgehead atoms. The molecule has 2 N–H and O–H groups in total. The minimum atomic E-state index is -4.42. The summed E-state index contributed by atoms with van der Waals surface area (Å²) in [7, 11) is 3.31.